The maximum Gasteiger partial charge on any atom is 0.338 e. The molecule has 4 aromatic rings. The molecule has 0 aliphatic rings. The van der Waals surface area contributed by atoms with Gasteiger partial charge in [-0.15, -0.1) is 0 Å². The van der Waals surface area contributed by atoms with E-state index in [9.17, 15) is 14.9 Å². The second kappa shape index (κ2) is 5.96. The first-order valence-corrected chi connectivity index (χ1v) is 7.88. The van der Waals surface area contributed by atoms with Gasteiger partial charge in [0.25, 0.3) is 5.69 Å². The number of aryl methyl sites for hydroxylation is 1. The normalized spacial score (nSPS) is 11.0. The fraction of sp³-hybridized carbons (Fsp3) is 0.0526. The third-order valence-corrected chi connectivity index (χ3v) is 4.14. The Kier molecular flexibility index (Phi) is 3.62. The monoisotopic (exact) mass is 347 g/mol. The SMILES string of the molecule is Cc1nn(-c2ccccc2)c2oc(=O)cc(-c3ccc([N+](=O)[O-])cc3)c12. The summed E-state index contributed by atoms with van der Waals surface area (Å²) in [6, 6.07) is 16.8. The average molecular weight is 347 g/mol. The summed E-state index contributed by atoms with van der Waals surface area (Å²) in [6.45, 7) is 1.83. The molecule has 4 rings (SSSR count). The molecule has 0 aliphatic carbocycles. The van der Waals surface area contributed by atoms with Crippen LogP contribution in [0.25, 0.3) is 27.9 Å². The molecule has 0 amide bonds. The van der Waals surface area contributed by atoms with E-state index in [0.717, 1.165) is 5.69 Å². The fourth-order valence-corrected chi connectivity index (χ4v) is 2.96. The number of hydrogen-bond donors (Lipinski definition) is 0. The lowest BCUT2D eigenvalue weighted by molar-refractivity contribution is -0.384. The second-order valence-electron chi connectivity index (χ2n) is 5.80. The summed E-state index contributed by atoms with van der Waals surface area (Å²) in [5, 5.41) is 16.1. The Morgan fingerprint density at radius 2 is 1.77 bits per heavy atom. The molecule has 0 saturated carbocycles. The van der Waals surface area contributed by atoms with Crippen molar-refractivity contribution in [2.45, 2.75) is 6.92 Å². The van der Waals surface area contributed by atoms with E-state index in [1.165, 1.54) is 18.2 Å². The van der Waals surface area contributed by atoms with Crippen molar-refractivity contribution < 1.29 is 9.34 Å². The lowest BCUT2D eigenvalue weighted by Crippen LogP contribution is -2.01. The van der Waals surface area contributed by atoms with Crippen LogP contribution in [0.5, 0.6) is 0 Å². The van der Waals surface area contributed by atoms with Crippen LogP contribution in [-0.2, 0) is 0 Å². The minimum Gasteiger partial charge on any atom is -0.403 e. The molecule has 0 bridgehead atoms. The van der Waals surface area contributed by atoms with E-state index in [2.05, 4.69) is 5.10 Å². The Hall–Kier alpha value is -3.74. The molecule has 7 nitrogen and oxygen atoms in total. The largest absolute Gasteiger partial charge is 0.403 e. The first-order chi connectivity index (χ1) is 12.5. The lowest BCUT2D eigenvalue weighted by atomic mass is 10.0. The lowest BCUT2D eigenvalue weighted by Gasteiger charge is -2.04. The highest BCUT2D eigenvalue weighted by Gasteiger charge is 2.18. The zero-order chi connectivity index (χ0) is 18.3. The van der Waals surface area contributed by atoms with Crippen LogP contribution in [0.3, 0.4) is 0 Å². The first-order valence-electron chi connectivity index (χ1n) is 7.88. The van der Waals surface area contributed by atoms with Crippen LogP contribution in [0.4, 0.5) is 5.69 Å². The van der Waals surface area contributed by atoms with Crippen molar-refractivity contribution in [3.8, 4) is 16.8 Å². The van der Waals surface area contributed by atoms with Crippen LogP contribution in [0.2, 0.25) is 0 Å². The van der Waals surface area contributed by atoms with Crippen molar-refractivity contribution >= 4 is 16.8 Å². The number of aromatic nitrogens is 2. The molecule has 7 heteroatoms. The van der Waals surface area contributed by atoms with E-state index in [4.69, 9.17) is 4.42 Å². The van der Waals surface area contributed by atoms with Gasteiger partial charge < -0.3 is 4.42 Å². The molecule has 0 saturated heterocycles. The van der Waals surface area contributed by atoms with E-state index < -0.39 is 10.5 Å². The van der Waals surface area contributed by atoms with Gasteiger partial charge in [-0.3, -0.25) is 10.1 Å². The first kappa shape index (κ1) is 15.8. The van der Waals surface area contributed by atoms with Gasteiger partial charge in [-0.2, -0.15) is 9.78 Å². The average Bonchev–Trinajstić information content (AvgIpc) is 2.98. The number of hydrogen-bond acceptors (Lipinski definition) is 5. The van der Waals surface area contributed by atoms with Gasteiger partial charge in [0.05, 0.1) is 21.7 Å². The van der Waals surface area contributed by atoms with E-state index in [-0.39, 0.29) is 5.69 Å². The molecule has 0 aliphatic heterocycles. The van der Waals surface area contributed by atoms with Gasteiger partial charge in [-0.05, 0) is 36.8 Å². The molecular formula is C19H13N3O4. The number of nitro benzene ring substituents is 1. The minimum atomic E-state index is -0.511. The van der Waals surface area contributed by atoms with Crippen LogP contribution < -0.4 is 5.63 Å². The number of non-ortho nitro benzene ring substituents is 1. The van der Waals surface area contributed by atoms with Gasteiger partial charge >= 0.3 is 5.63 Å². The van der Waals surface area contributed by atoms with E-state index in [1.807, 2.05) is 37.3 Å². The number of benzene rings is 2. The molecule has 0 atom stereocenters. The number of nitrogens with zero attached hydrogens (tertiary/aromatic N) is 3. The Labute approximate surface area is 147 Å². The molecule has 2 aromatic carbocycles. The highest BCUT2D eigenvalue weighted by molar-refractivity contribution is 5.94. The van der Waals surface area contributed by atoms with Gasteiger partial charge in [0, 0.05) is 23.8 Å². The van der Waals surface area contributed by atoms with Crippen molar-refractivity contribution in [1.82, 2.24) is 9.78 Å². The maximum absolute atomic E-state index is 12.1. The topological polar surface area (TPSA) is 91.2 Å². The van der Waals surface area contributed by atoms with Crippen molar-refractivity contribution in [1.29, 1.82) is 0 Å². The summed E-state index contributed by atoms with van der Waals surface area (Å²) >= 11 is 0. The van der Waals surface area contributed by atoms with Crippen LogP contribution in [0.1, 0.15) is 5.69 Å². The van der Waals surface area contributed by atoms with E-state index >= 15 is 0 Å². The summed E-state index contributed by atoms with van der Waals surface area (Å²) in [4.78, 5) is 22.5. The van der Waals surface area contributed by atoms with Crippen LogP contribution in [0.15, 0.2) is 69.9 Å². The van der Waals surface area contributed by atoms with Crippen molar-refractivity contribution in [3.63, 3.8) is 0 Å². The van der Waals surface area contributed by atoms with E-state index in [1.54, 1.807) is 16.8 Å². The smallest absolute Gasteiger partial charge is 0.338 e. The summed E-state index contributed by atoms with van der Waals surface area (Å²) in [5.74, 6) is 0. The highest BCUT2D eigenvalue weighted by atomic mass is 16.6. The fourth-order valence-electron chi connectivity index (χ4n) is 2.96. The molecule has 0 fully saturated rings. The zero-order valence-corrected chi connectivity index (χ0v) is 13.7. The third-order valence-electron chi connectivity index (χ3n) is 4.14. The quantitative estimate of drug-likeness (QED) is 0.414. The summed E-state index contributed by atoms with van der Waals surface area (Å²) < 4.78 is 7.01. The summed E-state index contributed by atoms with van der Waals surface area (Å²) in [7, 11) is 0. The van der Waals surface area contributed by atoms with E-state index in [0.29, 0.717) is 27.9 Å². The van der Waals surface area contributed by atoms with Gasteiger partial charge in [-0.1, -0.05) is 18.2 Å². The molecule has 2 aromatic heterocycles. The molecule has 0 unspecified atom stereocenters. The predicted molar refractivity (Wildman–Crippen MR) is 96.4 cm³/mol. The number of fused-ring (bicyclic) bond motifs is 1. The Morgan fingerprint density at radius 1 is 1.08 bits per heavy atom. The summed E-state index contributed by atoms with van der Waals surface area (Å²) in [6.07, 6.45) is 0. The van der Waals surface area contributed by atoms with Crippen molar-refractivity contribution in [2.75, 3.05) is 0 Å². The molecule has 26 heavy (non-hydrogen) atoms. The van der Waals surface area contributed by atoms with Crippen molar-refractivity contribution in [2.24, 2.45) is 0 Å². The predicted octanol–water partition coefficient (Wildman–Crippen LogP) is 3.86. The standard InChI is InChI=1S/C19H13N3O4/c1-12-18-16(13-7-9-15(10-8-13)22(24)25)11-17(23)26-19(18)21(20-12)14-5-3-2-4-6-14/h2-11H,1H3. The molecule has 0 spiro atoms. The van der Waals surface area contributed by atoms with Gasteiger partial charge in [0.15, 0.2) is 0 Å². The number of rotatable bonds is 3. The Bertz CT molecular complexity index is 1180. The van der Waals surface area contributed by atoms with Gasteiger partial charge in [0.1, 0.15) is 0 Å². The third kappa shape index (κ3) is 2.55. The van der Waals surface area contributed by atoms with Gasteiger partial charge in [-0.25, -0.2) is 4.79 Å². The molecule has 128 valence electrons. The number of para-hydroxylation sites is 1. The minimum absolute atomic E-state index is 0.00957. The van der Waals surface area contributed by atoms with Crippen LogP contribution >= 0.6 is 0 Å². The Balaban J connectivity index is 1.98. The van der Waals surface area contributed by atoms with Crippen LogP contribution in [-0.4, -0.2) is 14.7 Å². The summed E-state index contributed by atoms with van der Waals surface area (Å²) in [5.41, 5.74) is 2.60. The molecule has 0 N–H and O–H groups in total. The number of nitro groups is 1. The molecular weight excluding hydrogens is 334 g/mol. The maximum atomic E-state index is 12.1. The van der Waals surface area contributed by atoms with Gasteiger partial charge in [0.2, 0.25) is 5.71 Å². The highest BCUT2D eigenvalue weighted by Crippen LogP contribution is 2.31. The van der Waals surface area contributed by atoms with Crippen LogP contribution in [0, 0.1) is 17.0 Å². The molecule has 0 radical (unpaired) electrons. The zero-order valence-electron chi connectivity index (χ0n) is 13.7. The van der Waals surface area contributed by atoms with Crippen molar-refractivity contribution in [3.05, 3.63) is 86.9 Å². The molecule has 2 heterocycles. The Morgan fingerprint density at radius 3 is 2.42 bits per heavy atom. The second-order valence-corrected chi connectivity index (χ2v) is 5.80.